The molecular formula is C28H25FN6O5. The van der Waals surface area contributed by atoms with Gasteiger partial charge in [0, 0.05) is 29.1 Å². The molecule has 2 aromatic heterocycles. The molecule has 0 radical (unpaired) electrons. The second-order valence-electron chi connectivity index (χ2n) is 8.24. The minimum Gasteiger partial charge on any atom is -0.493 e. The topological polar surface area (TPSA) is 126 Å². The molecule has 0 spiro atoms. The zero-order valence-corrected chi connectivity index (χ0v) is 21.8. The highest BCUT2D eigenvalue weighted by molar-refractivity contribution is 5.66. The van der Waals surface area contributed by atoms with E-state index in [1.807, 2.05) is 30.3 Å². The normalized spacial score (nSPS) is 10.6. The molecule has 0 unspecified atom stereocenters. The Hall–Kier alpha value is -5.39. The van der Waals surface area contributed by atoms with Crippen LogP contribution in [0.3, 0.4) is 0 Å². The van der Waals surface area contributed by atoms with Crippen molar-refractivity contribution in [1.29, 1.82) is 0 Å². The first-order chi connectivity index (χ1) is 19.6. The zero-order chi connectivity index (χ0) is 27.9. The van der Waals surface area contributed by atoms with Gasteiger partial charge in [-0.05, 0) is 24.3 Å². The third kappa shape index (κ3) is 6.01. The number of hydrogen-bond acceptors (Lipinski definition) is 11. The molecule has 5 rings (SSSR count). The molecule has 0 aliphatic rings. The van der Waals surface area contributed by atoms with Gasteiger partial charge >= 0.3 is 0 Å². The van der Waals surface area contributed by atoms with Crippen LogP contribution in [-0.4, -0.2) is 41.4 Å². The van der Waals surface area contributed by atoms with Crippen LogP contribution in [0.4, 0.5) is 27.5 Å². The maximum Gasteiger partial charge on any atom is 0.264 e. The largest absolute Gasteiger partial charge is 0.493 e. The molecule has 204 valence electrons. The van der Waals surface area contributed by atoms with Gasteiger partial charge in [0.25, 0.3) is 5.89 Å². The van der Waals surface area contributed by atoms with Crippen molar-refractivity contribution >= 4 is 23.1 Å². The van der Waals surface area contributed by atoms with Crippen LogP contribution in [0.1, 0.15) is 5.89 Å². The third-order valence-electron chi connectivity index (χ3n) is 5.64. The first kappa shape index (κ1) is 26.2. The van der Waals surface area contributed by atoms with Crippen molar-refractivity contribution in [3.63, 3.8) is 0 Å². The summed E-state index contributed by atoms with van der Waals surface area (Å²) in [7, 11) is 4.55. The molecule has 5 aromatic rings. The summed E-state index contributed by atoms with van der Waals surface area (Å²) >= 11 is 0. The van der Waals surface area contributed by atoms with Crippen molar-refractivity contribution in [1.82, 2.24) is 20.1 Å². The maximum absolute atomic E-state index is 14.5. The molecule has 0 aliphatic carbocycles. The highest BCUT2D eigenvalue weighted by atomic mass is 19.1. The molecule has 0 atom stereocenters. The van der Waals surface area contributed by atoms with Crippen molar-refractivity contribution in [2.24, 2.45) is 0 Å². The molecule has 0 aliphatic heterocycles. The lowest BCUT2D eigenvalue weighted by molar-refractivity contribution is 0.243. The number of methoxy groups -OCH3 is 3. The van der Waals surface area contributed by atoms with E-state index in [0.717, 1.165) is 11.8 Å². The average molecular weight is 545 g/mol. The summed E-state index contributed by atoms with van der Waals surface area (Å²) in [5, 5.41) is 9.96. The van der Waals surface area contributed by atoms with Gasteiger partial charge in [-0.25, -0.2) is 9.37 Å². The number of ether oxygens (including phenoxy) is 4. The lowest BCUT2D eigenvalue weighted by Gasteiger charge is -2.15. The summed E-state index contributed by atoms with van der Waals surface area (Å²) in [4.78, 5) is 12.6. The number of hydrogen-bond donors (Lipinski definition) is 2. The molecule has 3 aromatic carbocycles. The van der Waals surface area contributed by atoms with Gasteiger partial charge in [-0.1, -0.05) is 35.5 Å². The molecule has 11 nitrogen and oxygen atoms in total. The minimum atomic E-state index is -0.624. The molecule has 12 heteroatoms. The lowest BCUT2D eigenvalue weighted by atomic mass is 10.2. The van der Waals surface area contributed by atoms with Crippen molar-refractivity contribution in [3.05, 3.63) is 84.6 Å². The highest BCUT2D eigenvalue weighted by Crippen LogP contribution is 2.40. The van der Waals surface area contributed by atoms with Crippen LogP contribution in [0, 0.1) is 5.82 Å². The highest BCUT2D eigenvalue weighted by Gasteiger charge is 2.15. The fraction of sp³-hybridized carbons (Fsp3) is 0.143. The standard InChI is InChI=1S/C28H25FN6O5/c1-36-22-13-19(14-23(37-2)25(22)38-3)32-28-30-15-21(29)27(34-28)31-18-9-11-20(12-10-18)39-16-24-33-26(35-40-24)17-7-5-4-6-8-17/h4-15H,16H2,1-3H3,(H2,30,31,32,34). The Balaban J connectivity index is 1.23. The molecule has 40 heavy (non-hydrogen) atoms. The summed E-state index contributed by atoms with van der Waals surface area (Å²) in [5.74, 6) is 2.26. The number of benzene rings is 3. The number of nitrogens with zero attached hydrogens (tertiary/aromatic N) is 4. The Morgan fingerprint density at radius 1 is 0.825 bits per heavy atom. The van der Waals surface area contributed by atoms with Crippen LogP contribution in [-0.2, 0) is 6.61 Å². The van der Waals surface area contributed by atoms with Crippen LogP contribution in [0.5, 0.6) is 23.0 Å². The Kier molecular flexibility index (Phi) is 7.86. The zero-order valence-electron chi connectivity index (χ0n) is 21.8. The van der Waals surface area contributed by atoms with E-state index in [9.17, 15) is 4.39 Å². The minimum absolute atomic E-state index is 0.0158. The summed E-state index contributed by atoms with van der Waals surface area (Å²) < 4.78 is 41.6. The smallest absolute Gasteiger partial charge is 0.264 e. The van der Waals surface area contributed by atoms with E-state index >= 15 is 0 Å². The van der Waals surface area contributed by atoms with Gasteiger partial charge in [-0.3, -0.25) is 0 Å². The summed E-state index contributed by atoms with van der Waals surface area (Å²) in [5.41, 5.74) is 2.00. The van der Waals surface area contributed by atoms with Gasteiger partial charge in [-0.2, -0.15) is 9.97 Å². The number of anilines is 4. The Bertz CT molecular complexity index is 1560. The van der Waals surface area contributed by atoms with Crippen molar-refractivity contribution < 1.29 is 27.9 Å². The second kappa shape index (κ2) is 12.0. The van der Waals surface area contributed by atoms with Crippen LogP contribution in [0.2, 0.25) is 0 Å². The van der Waals surface area contributed by atoms with Crippen molar-refractivity contribution in [3.8, 4) is 34.4 Å². The first-order valence-corrected chi connectivity index (χ1v) is 12.0. The lowest BCUT2D eigenvalue weighted by Crippen LogP contribution is -2.04. The second-order valence-corrected chi connectivity index (χ2v) is 8.24. The number of aromatic nitrogens is 4. The quantitative estimate of drug-likeness (QED) is 0.211. The van der Waals surface area contributed by atoms with E-state index in [1.165, 1.54) is 21.3 Å². The van der Waals surface area contributed by atoms with Crippen LogP contribution < -0.4 is 29.6 Å². The maximum atomic E-state index is 14.5. The van der Waals surface area contributed by atoms with Crippen molar-refractivity contribution in [2.45, 2.75) is 6.61 Å². The fourth-order valence-electron chi connectivity index (χ4n) is 3.73. The average Bonchev–Trinajstić information content (AvgIpc) is 3.47. The molecule has 2 N–H and O–H groups in total. The molecule has 2 heterocycles. The Morgan fingerprint density at radius 2 is 1.55 bits per heavy atom. The van der Waals surface area contributed by atoms with Crippen LogP contribution in [0.15, 0.2) is 77.4 Å². The summed E-state index contributed by atoms with van der Waals surface area (Å²) in [6.45, 7) is 0.100. The van der Waals surface area contributed by atoms with Gasteiger partial charge in [0.15, 0.2) is 29.7 Å². The first-order valence-electron chi connectivity index (χ1n) is 12.0. The predicted octanol–water partition coefficient (Wildman–Crippen LogP) is 5.76. The van der Waals surface area contributed by atoms with Crippen LogP contribution >= 0.6 is 0 Å². The molecule has 0 amide bonds. The van der Waals surface area contributed by atoms with Gasteiger partial charge < -0.3 is 34.1 Å². The van der Waals surface area contributed by atoms with Gasteiger partial charge in [0.1, 0.15) is 5.75 Å². The third-order valence-corrected chi connectivity index (χ3v) is 5.64. The number of nitrogens with one attached hydrogen (secondary N) is 2. The van der Waals surface area contributed by atoms with E-state index < -0.39 is 5.82 Å². The molecule has 0 bridgehead atoms. The van der Waals surface area contributed by atoms with E-state index in [4.69, 9.17) is 23.5 Å². The van der Waals surface area contributed by atoms with Gasteiger partial charge in [0.05, 0.1) is 27.5 Å². The van der Waals surface area contributed by atoms with Crippen LogP contribution in [0.25, 0.3) is 11.4 Å². The predicted molar refractivity (Wildman–Crippen MR) is 145 cm³/mol. The monoisotopic (exact) mass is 544 g/mol. The molecule has 0 fully saturated rings. The van der Waals surface area contributed by atoms with E-state index in [0.29, 0.717) is 46.1 Å². The van der Waals surface area contributed by atoms with Gasteiger partial charge in [0.2, 0.25) is 17.5 Å². The van der Waals surface area contributed by atoms with E-state index in [1.54, 1.807) is 36.4 Å². The SMILES string of the molecule is COc1cc(Nc2ncc(F)c(Nc3ccc(OCc4nc(-c5ccccc5)no4)cc3)n2)cc(OC)c1OC. The summed E-state index contributed by atoms with van der Waals surface area (Å²) in [6, 6.07) is 19.8. The number of rotatable bonds is 11. The molecular weight excluding hydrogens is 519 g/mol. The van der Waals surface area contributed by atoms with E-state index in [2.05, 4.69) is 30.7 Å². The van der Waals surface area contributed by atoms with E-state index in [-0.39, 0.29) is 18.4 Å². The van der Waals surface area contributed by atoms with Gasteiger partial charge in [-0.15, -0.1) is 0 Å². The molecule has 0 saturated carbocycles. The van der Waals surface area contributed by atoms with Crippen molar-refractivity contribution in [2.75, 3.05) is 32.0 Å². The fourth-order valence-corrected chi connectivity index (χ4v) is 3.73. The summed E-state index contributed by atoms with van der Waals surface area (Å²) in [6.07, 6.45) is 1.07. The molecule has 0 saturated heterocycles. The number of halogens is 1. The Morgan fingerprint density at radius 3 is 2.23 bits per heavy atom. The Labute approximate surface area is 228 Å².